The summed E-state index contributed by atoms with van der Waals surface area (Å²) in [4.78, 5) is 4.63. The topological polar surface area (TPSA) is 12.9 Å². The molecule has 14 heavy (non-hydrogen) atoms. The molecule has 0 atom stereocenters. The predicted molar refractivity (Wildman–Crippen MR) is 60.7 cm³/mol. The molecule has 0 spiro atoms. The summed E-state index contributed by atoms with van der Waals surface area (Å²) in [6.45, 7) is 0. The maximum atomic E-state index is 4.63. The van der Waals surface area contributed by atoms with E-state index in [-0.39, 0.29) is 0 Å². The Labute approximate surface area is 87.8 Å². The second-order valence-corrected chi connectivity index (χ2v) is 5.17. The van der Waals surface area contributed by atoms with Gasteiger partial charge in [0.1, 0.15) is 0 Å². The summed E-state index contributed by atoms with van der Waals surface area (Å²) >= 11 is 1.86. The van der Waals surface area contributed by atoms with Crippen LogP contribution in [0.1, 0.15) is 24.3 Å². The van der Waals surface area contributed by atoms with Gasteiger partial charge in [0, 0.05) is 0 Å². The Balaban J connectivity index is 1.82. The third kappa shape index (κ3) is 1.67. The second-order valence-electron chi connectivity index (χ2n) is 4.06. The summed E-state index contributed by atoms with van der Waals surface area (Å²) in [5, 5.41) is 1.32. The van der Waals surface area contributed by atoms with Gasteiger partial charge in [-0.3, -0.25) is 0 Å². The molecule has 0 saturated heterocycles. The van der Waals surface area contributed by atoms with E-state index >= 15 is 0 Å². The van der Waals surface area contributed by atoms with E-state index in [1.54, 1.807) is 0 Å². The van der Waals surface area contributed by atoms with Crippen molar-refractivity contribution in [3.05, 3.63) is 29.3 Å². The highest BCUT2D eigenvalue weighted by Crippen LogP contribution is 2.34. The Hall–Kier alpha value is -0.890. The Morgan fingerprint density at radius 1 is 1.29 bits per heavy atom. The van der Waals surface area contributed by atoms with Crippen LogP contribution in [0.5, 0.6) is 0 Å². The van der Waals surface area contributed by atoms with Crippen LogP contribution in [0.2, 0.25) is 0 Å². The summed E-state index contributed by atoms with van der Waals surface area (Å²) in [7, 11) is 0. The van der Waals surface area contributed by atoms with Crippen LogP contribution in [-0.4, -0.2) is 4.98 Å². The lowest BCUT2D eigenvalue weighted by Gasteiger charge is -1.91. The van der Waals surface area contributed by atoms with Crippen LogP contribution >= 0.6 is 11.3 Å². The third-order valence-corrected chi connectivity index (χ3v) is 3.90. The van der Waals surface area contributed by atoms with Gasteiger partial charge in [0.2, 0.25) is 0 Å². The average molecular weight is 203 g/mol. The molecule has 0 unspecified atom stereocenters. The molecule has 0 bridgehead atoms. The van der Waals surface area contributed by atoms with Crippen LogP contribution in [0, 0.1) is 5.92 Å². The average Bonchev–Trinajstić information content (AvgIpc) is 2.94. The van der Waals surface area contributed by atoms with E-state index in [2.05, 4.69) is 29.2 Å². The zero-order valence-corrected chi connectivity index (χ0v) is 8.89. The fourth-order valence-corrected chi connectivity index (χ4v) is 2.74. The number of nitrogens with zero attached hydrogens (tertiary/aromatic N) is 1. The van der Waals surface area contributed by atoms with Crippen molar-refractivity contribution in [3.8, 4) is 0 Å². The molecule has 1 aliphatic rings. The number of aromatic nitrogens is 1. The van der Waals surface area contributed by atoms with Gasteiger partial charge in [-0.1, -0.05) is 25.0 Å². The molecule has 0 aliphatic heterocycles. The number of hydrogen-bond acceptors (Lipinski definition) is 2. The monoisotopic (exact) mass is 203 g/mol. The SMILES string of the molecule is c1ccc2sc(CCC3CC3)nc2c1. The third-order valence-electron chi connectivity index (χ3n) is 2.80. The molecule has 1 aromatic carbocycles. The molecule has 2 heteroatoms. The minimum Gasteiger partial charge on any atom is -0.241 e. The van der Waals surface area contributed by atoms with Crippen molar-refractivity contribution < 1.29 is 0 Å². The number of benzene rings is 1. The molecule has 1 nitrogen and oxygen atoms in total. The number of para-hydroxylation sites is 1. The first-order chi connectivity index (χ1) is 6.92. The van der Waals surface area contributed by atoms with E-state index in [9.17, 15) is 0 Å². The van der Waals surface area contributed by atoms with Crippen LogP contribution in [0.25, 0.3) is 10.2 Å². The van der Waals surface area contributed by atoms with Crippen molar-refractivity contribution in [3.63, 3.8) is 0 Å². The Kier molecular flexibility index (Phi) is 2.02. The largest absolute Gasteiger partial charge is 0.241 e. The second kappa shape index (κ2) is 3.35. The number of fused-ring (bicyclic) bond motifs is 1. The van der Waals surface area contributed by atoms with Gasteiger partial charge in [-0.15, -0.1) is 11.3 Å². The van der Waals surface area contributed by atoms with Crippen LogP contribution in [0.3, 0.4) is 0 Å². The first-order valence-electron chi connectivity index (χ1n) is 5.26. The zero-order chi connectivity index (χ0) is 9.38. The lowest BCUT2D eigenvalue weighted by Crippen LogP contribution is -1.84. The number of aryl methyl sites for hydroxylation is 1. The molecule has 1 fully saturated rings. The Morgan fingerprint density at radius 3 is 2.93 bits per heavy atom. The molecule has 1 aliphatic carbocycles. The van der Waals surface area contributed by atoms with Gasteiger partial charge in [0.05, 0.1) is 15.2 Å². The van der Waals surface area contributed by atoms with E-state index in [4.69, 9.17) is 0 Å². The fourth-order valence-electron chi connectivity index (χ4n) is 1.76. The molecule has 0 amide bonds. The number of hydrogen-bond donors (Lipinski definition) is 0. The highest BCUT2D eigenvalue weighted by molar-refractivity contribution is 7.18. The van der Waals surface area contributed by atoms with Crippen LogP contribution in [0.15, 0.2) is 24.3 Å². The molecule has 0 N–H and O–H groups in total. The van der Waals surface area contributed by atoms with E-state index < -0.39 is 0 Å². The van der Waals surface area contributed by atoms with Gasteiger partial charge in [0.25, 0.3) is 0 Å². The quantitative estimate of drug-likeness (QED) is 0.742. The normalized spacial score (nSPS) is 16.3. The summed E-state index contributed by atoms with van der Waals surface area (Å²) in [5.74, 6) is 1.02. The van der Waals surface area contributed by atoms with Gasteiger partial charge < -0.3 is 0 Å². The maximum absolute atomic E-state index is 4.63. The molecular formula is C12H13NS. The molecule has 3 rings (SSSR count). The van der Waals surface area contributed by atoms with Crippen LogP contribution < -0.4 is 0 Å². The van der Waals surface area contributed by atoms with E-state index in [0.717, 1.165) is 5.92 Å². The van der Waals surface area contributed by atoms with Crippen molar-refractivity contribution >= 4 is 21.6 Å². The predicted octanol–water partition coefficient (Wildman–Crippen LogP) is 3.64. The standard InChI is InChI=1S/C12H13NS/c1-2-4-11-10(3-1)13-12(14-11)8-7-9-5-6-9/h1-4,9H,5-8H2. The smallest absolute Gasteiger partial charge is 0.0938 e. The molecule has 1 saturated carbocycles. The Morgan fingerprint density at radius 2 is 2.14 bits per heavy atom. The summed E-state index contributed by atoms with van der Waals surface area (Å²) in [6, 6.07) is 8.41. The van der Waals surface area contributed by atoms with E-state index in [1.807, 2.05) is 11.3 Å². The van der Waals surface area contributed by atoms with Gasteiger partial charge in [-0.05, 0) is 30.9 Å². The van der Waals surface area contributed by atoms with Crippen molar-refractivity contribution in [2.24, 2.45) is 5.92 Å². The number of rotatable bonds is 3. The minimum atomic E-state index is 1.02. The van der Waals surface area contributed by atoms with E-state index in [1.165, 1.54) is 40.9 Å². The molecular weight excluding hydrogens is 190 g/mol. The van der Waals surface area contributed by atoms with E-state index in [0.29, 0.717) is 0 Å². The molecule has 1 heterocycles. The van der Waals surface area contributed by atoms with Gasteiger partial charge in [0.15, 0.2) is 0 Å². The summed E-state index contributed by atoms with van der Waals surface area (Å²) in [5.41, 5.74) is 1.17. The summed E-state index contributed by atoms with van der Waals surface area (Å²) < 4.78 is 1.33. The van der Waals surface area contributed by atoms with Crippen molar-refractivity contribution in [2.45, 2.75) is 25.7 Å². The first-order valence-corrected chi connectivity index (χ1v) is 6.08. The highest BCUT2D eigenvalue weighted by Gasteiger charge is 2.21. The zero-order valence-electron chi connectivity index (χ0n) is 8.07. The fraction of sp³-hybridized carbons (Fsp3) is 0.417. The van der Waals surface area contributed by atoms with Gasteiger partial charge >= 0.3 is 0 Å². The van der Waals surface area contributed by atoms with Crippen LogP contribution in [-0.2, 0) is 6.42 Å². The number of thiazole rings is 1. The van der Waals surface area contributed by atoms with Gasteiger partial charge in [-0.2, -0.15) is 0 Å². The summed E-state index contributed by atoms with van der Waals surface area (Å²) in [6.07, 6.45) is 5.43. The maximum Gasteiger partial charge on any atom is 0.0938 e. The molecule has 1 aromatic heterocycles. The van der Waals surface area contributed by atoms with Crippen molar-refractivity contribution in [2.75, 3.05) is 0 Å². The molecule has 72 valence electrons. The lowest BCUT2D eigenvalue weighted by atomic mass is 10.2. The first kappa shape index (κ1) is 8.42. The highest BCUT2D eigenvalue weighted by atomic mass is 32.1. The van der Waals surface area contributed by atoms with Gasteiger partial charge in [-0.25, -0.2) is 4.98 Å². The molecule has 2 aromatic rings. The Bertz CT molecular complexity index is 409. The van der Waals surface area contributed by atoms with Crippen LogP contribution in [0.4, 0.5) is 0 Å². The minimum absolute atomic E-state index is 1.02. The van der Waals surface area contributed by atoms with Crippen molar-refractivity contribution in [1.29, 1.82) is 0 Å². The molecule has 0 radical (unpaired) electrons. The lowest BCUT2D eigenvalue weighted by molar-refractivity contribution is 0.724. The van der Waals surface area contributed by atoms with Crippen molar-refractivity contribution in [1.82, 2.24) is 4.98 Å².